The Bertz CT molecular complexity index is 489. The van der Waals surface area contributed by atoms with Crippen LogP contribution in [0.2, 0.25) is 0 Å². The number of aromatic nitrogens is 2. The molecule has 0 aliphatic heterocycles. The minimum atomic E-state index is -0.391. The Hall–Kier alpha value is -2.18. The monoisotopic (exact) mass is 266 g/mol. The first kappa shape index (κ1) is 14.9. The number of hydrogen-bond donors (Lipinski definition) is 2. The molecule has 2 amide bonds. The Morgan fingerprint density at radius 3 is 2.58 bits per heavy atom. The lowest BCUT2D eigenvalue weighted by Gasteiger charge is -2.20. The van der Waals surface area contributed by atoms with Gasteiger partial charge in [-0.25, -0.2) is 5.10 Å². The average molecular weight is 266 g/mol. The molecular weight excluding hydrogens is 248 g/mol. The Kier molecular flexibility index (Phi) is 5.23. The largest absolute Gasteiger partial charge is 0.352 e. The Morgan fingerprint density at radius 1 is 1.42 bits per heavy atom. The van der Waals surface area contributed by atoms with Crippen molar-refractivity contribution in [1.82, 2.24) is 20.4 Å². The lowest BCUT2D eigenvalue weighted by Crippen LogP contribution is -2.43. The second-order valence-electron chi connectivity index (χ2n) is 4.35. The molecule has 1 aromatic rings. The van der Waals surface area contributed by atoms with Crippen LogP contribution in [0.5, 0.6) is 0 Å². The van der Waals surface area contributed by atoms with Crippen LogP contribution in [0.4, 0.5) is 0 Å². The number of amides is 2. The molecule has 0 atom stereocenters. The fourth-order valence-electron chi connectivity index (χ4n) is 1.49. The van der Waals surface area contributed by atoms with E-state index in [2.05, 4.69) is 15.5 Å². The Balaban J connectivity index is 2.74. The van der Waals surface area contributed by atoms with Gasteiger partial charge < -0.3 is 10.2 Å². The van der Waals surface area contributed by atoms with Crippen LogP contribution in [0.3, 0.4) is 0 Å². The van der Waals surface area contributed by atoms with E-state index in [4.69, 9.17) is 0 Å². The van der Waals surface area contributed by atoms with E-state index in [1.165, 1.54) is 17.0 Å². The Morgan fingerprint density at radius 2 is 2.11 bits per heavy atom. The summed E-state index contributed by atoms with van der Waals surface area (Å²) in [5, 5.41) is 8.56. The summed E-state index contributed by atoms with van der Waals surface area (Å²) in [7, 11) is 0. The highest BCUT2D eigenvalue weighted by Gasteiger charge is 2.18. The van der Waals surface area contributed by atoms with E-state index < -0.39 is 5.91 Å². The first-order valence-electron chi connectivity index (χ1n) is 6.08. The number of carbonyl (C=O) groups is 2. The SMILES string of the molecule is CCN(CC(=O)NC(C)C)C(=O)c1ccc(=O)[nH]n1. The number of likely N-dealkylation sites (N-methyl/N-ethyl adjacent to an activating group) is 1. The normalized spacial score (nSPS) is 10.3. The van der Waals surface area contributed by atoms with Gasteiger partial charge in [0.05, 0.1) is 6.54 Å². The summed E-state index contributed by atoms with van der Waals surface area (Å²) in [6, 6.07) is 2.58. The number of nitrogens with one attached hydrogen (secondary N) is 2. The zero-order valence-electron chi connectivity index (χ0n) is 11.3. The van der Waals surface area contributed by atoms with Crippen LogP contribution in [0.1, 0.15) is 31.3 Å². The molecular formula is C12H18N4O3. The molecule has 1 rings (SSSR count). The van der Waals surface area contributed by atoms with Gasteiger partial charge in [-0.3, -0.25) is 14.4 Å². The molecule has 0 aliphatic rings. The smallest absolute Gasteiger partial charge is 0.274 e. The maximum absolute atomic E-state index is 12.1. The van der Waals surface area contributed by atoms with Crippen molar-refractivity contribution < 1.29 is 9.59 Å². The van der Waals surface area contributed by atoms with Crippen molar-refractivity contribution in [2.24, 2.45) is 0 Å². The van der Waals surface area contributed by atoms with Gasteiger partial charge in [0.1, 0.15) is 5.69 Å². The molecule has 0 spiro atoms. The van der Waals surface area contributed by atoms with E-state index in [0.29, 0.717) is 6.54 Å². The average Bonchev–Trinajstić information content (AvgIpc) is 2.35. The second kappa shape index (κ2) is 6.67. The van der Waals surface area contributed by atoms with Gasteiger partial charge in [-0.2, -0.15) is 5.10 Å². The van der Waals surface area contributed by atoms with E-state index in [1.807, 2.05) is 13.8 Å². The molecule has 0 fully saturated rings. The van der Waals surface area contributed by atoms with Gasteiger partial charge in [-0.15, -0.1) is 0 Å². The van der Waals surface area contributed by atoms with Gasteiger partial charge in [0.15, 0.2) is 0 Å². The van der Waals surface area contributed by atoms with Crippen molar-refractivity contribution in [1.29, 1.82) is 0 Å². The summed E-state index contributed by atoms with van der Waals surface area (Å²) in [5.41, 5.74) is -0.268. The highest BCUT2D eigenvalue weighted by Crippen LogP contribution is 1.99. The summed E-state index contributed by atoms with van der Waals surface area (Å²) in [6.45, 7) is 5.81. The number of H-pyrrole nitrogens is 1. The van der Waals surface area contributed by atoms with Gasteiger partial charge in [0.2, 0.25) is 5.91 Å². The summed E-state index contributed by atoms with van der Waals surface area (Å²) in [4.78, 5) is 35.9. The molecule has 7 heteroatoms. The topological polar surface area (TPSA) is 95.2 Å². The van der Waals surface area contributed by atoms with Crippen molar-refractivity contribution in [3.8, 4) is 0 Å². The van der Waals surface area contributed by atoms with Crippen LogP contribution in [-0.4, -0.2) is 46.0 Å². The standard InChI is InChI=1S/C12H18N4O3/c1-4-16(7-11(18)13-8(2)3)12(19)9-5-6-10(17)15-14-9/h5-6,8H,4,7H2,1-3H3,(H,13,18)(H,15,17). The van der Waals surface area contributed by atoms with Gasteiger partial charge in [0, 0.05) is 18.7 Å². The minimum absolute atomic E-state index is 0.0208. The van der Waals surface area contributed by atoms with E-state index >= 15 is 0 Å². The molecule has 0 saturated heterocycles. The van der Waals surface area contributed by atoms with Crippen LogP contribution in [0, 0.1) is 0 Å². The van der Waals surface area contributed by atoms with Gasteiger partial charge in [-0.05, 0) is 26.8 Å². The summed E-state index contributed by atoms with van der Waals surface area (Å²) >= 11 is 0. The van der Waals surface area contributed by atoms with Crippen LogP contribution < -0.4 is 10.9 Å². The maximum atomic E-state index is 12.1. The first-order chi connectivity index (χ1) is 8.93. The second-order valence-corrected chi connectivity index (χ2v) is 4.35. The van der Waals surface area contributed by atoms with Crippen molar-refractivity contribution in [2.45, 2.75) is 26.8 Å². The third kappa shape index (κ3) is 4.53. The van der Waals surface area contributed by atoms with Crippen LogP contribution in [0.15, 0.2) is 16.9 Å². The number of carbonyl (C=O) groups excluding carboxylic acids is 2. The molecule has 2 N–H and O–H groups in total. The Labute approximate surface area is 111 Å². The summed E-state index contributed by atoms with van der Waals surface area (Å²) < 4.78 is 0. The van der Waals surface area contributed by atoms with Gasteiger partial charge >= 0.3 is 0 Å². The third-order valence-electron chi connectivity index (χ3n) is 2.35. The molecule has 7 nitrogen and oxygen atoms in total. The van der Waals surface area contributed by atoms with Gasteiger partial charge in [0.25, 0.3) is 11.5 Å². The van der Waals surface area contributed by atoms with Crippen molar-refractivity contribution in [3.63, 3.8) is 0 Å². The number of rotatable bonds is 5. The first-order valence-corrected chi connectivity index (χ1v) is 6.08. The van der Waals surface area contributed by atoms with Crippen LogP contribution in [0.25, 0.3) is 0 Å². The van der Waals surface area contributed by atoms with E-state index in [0.717, 1.165) is 0 Å². The molecule has 0 aliphatic carbocycles. The number of hydrogen-bond acceptors (Lipinski definition) is 4. The lowest BCUT2D eigenvalue weighted by molar-refractivity contribution is -0.122. The zero-order valence-corrected chi connectivity index (χ0v) is 11.3. The molecule has 0 bridgehead atoms. The predicted octanol–water partition coefficient (Wildman–Crippen LogP) is -0.243. The predicted molar refractivity (Wildman–Crippen MR) is 69.7 cm³/mol. The molecule has 0 radical (unpaired) electrons. The molecule has 104 valence electrons. The lowest BCUT2D eigenvalue weighted by atomic mass is 10.3. The van der Waals surface area contributed by atoms with Crippen molar-refractivity contribution >= 4 is 11.8 Å². The van der Waals surface area contributed by atoms with E-state index in [-0.39, 0.29) is 29.7 Å². The van der Waals surface area contributed by atoms with Crippen LogP contribution in [-0.2, 0) is 4.79 Å². The molecule has 1 aromatic heterocycles. The summed E-state index contributed by atoms with van der Waals surface area (Å²) in [5.74, 6) is -0.618. The van der Waals surface area contributed by atoms with Crippen LogP contribution >= 0.6 is 0 Å². The highest BCUT2D eigenvalue weighted by molar-refractivity contribution is 5.94. The van der Waals surface area contributed by atoms with Crippen molar-refractivity contribution in [2.75, 3.05) is 13.1 Å². The quantitative estimate of drug-likeness (QED) is 0.768. The minimum Gasteiger partial charge on any atom is -0.352 e. The fourth-order valence-corrected chi connectivity index (χ4v) is 1.49. The van der Waals surface area contributed by atoms with E-state index in [1.54, 1.807) is 6.92 Å². The summed E-state index contributed by atoms with van der Waals surface area (Å²) in [6.07, 6.45) is 0. The third-order valence-corrected chi connectivity index (χ3v) is 2.35. The van der Waals surface area contributed by atoms with Gasteiger partial charge in [-0.1, -0.05) is 0 Å². The molecule has 1 heterocycles. The fraction of sp³-hybridized carbons (Fsp3) is 0.500. The highest BCUT2D eigenvalue weighted by atomic mass is 16.2. The number of aromatic amines is 1. The maximum Gasteiger partial charge on any atom is 0.274 e. The molecule has 0 unspecified atom stereocenters. The van der Waals surface area contributed by atoms with Crippen molar-refractivity contribution in [3.05, 3.63) is 28.2 Å². The zero-order chi connectivity index (χ0) is 14.4. The molecule has 19 heavy (non-hydrogen) atoms. The molecule has 0 aromatic carbocycles. The number of nitrogens with zero attached hydrogens (tertiary/aromatic N) is 2. The molecule has 0 saturated carbocycles. The van der Waals surface area contributed by atoms with E-state index in [9.17, 15) is 14.4 Å².